The van der Waals surface area contributed by atoms with Crippen LogP contribution in [0.1, 0.15) is 39.2 Å². The monoisotopic (exact) mass is 369 g/mol. The Morgan fingerprint density at radius 1 is 1.19 bits per heavy atom. The summed E-state index contributed by atoms with van der Waals surface area (Å²) in [4.78, 5) is 8.51. The Bertz CT molecular complexity index is 487. The van der Waals surface area contributed by atoms with Crippen LogP contribution >= 0.6 is 15.9 Å². The van der Waals surface area contributed by atoms with Gasteiger partial charge in [0.25, 0.3) is 0 Å². The van der Waals surface area contributed by atoms with Crippen LogP contribution in [0.4, 0.5) is 19.0 Å². The van der Waals surface area contributed by atoms with Crippen molar-refractivity contribution in [2.75, 3.05) is 18.5 Å². The first-order chi connectivity index (χ1) is 9.54. The first-order valence-corrected chi connectivity index (χ1v) is 7.29. The van der Waals surface area contributed by atoms with Gasteiger partial charge in [0.1, 0.15) is 19.0 Å². The highest BCUT2D eigenvalue weighted by atomic mass is 79.9. The lowest BCUT2D eigenvalue weighted by atomic mass is 9.92. The molecule has 1 N–H and O–H groups in total. The molecule has 0 amide bonds. The molecule has 21 heavy (non-hydrogen) atoms. The Balaban J connectivity index is 3.01. The second-order valence-electron chi connectivity index (χ2n) is 5.54. The normalized spacial score (nSPS) is 12.6. The Labute approximate surface area is 130 Å². The second-order valence-corrected chi connectivity index (χ2v) is 6.33. The summed E-state index contributed by atoms with van der Waals surface area (Å²) in [5.41, 5.74) is 0.448. The highest BCUT2D eigenvalue weighted by molar-refractivity contribution is 9.10. The Morgan fingerprint density at radius 3 is 2.29 bits per heavy atom. The summed E-state index contributed by atoms with van der Waals surface area (Å²) >= 11 is 3.44. The maximum Gasteiger partial charge on any atom is 0.411 e. The van der Waals surface area contributed by atoms with Crippen LogP contribution < -0.4 is 5.32 Å². The predicted molar refractivity (Wildman–Crippen MR) is 78.3 cm³/mol. The molecular weight excluding hydrogens is 351 g/mol. The molecule has 0 aliphatic rings. The van der Waals surface area contributed by atoms with E-state index in [4.69, 9.17) is 0 Å². The summed E-state index contributed by atoms with van der Waals surface area (Å²) in [6, 6.07) is 0. The van der Waals surface area contributed by atoms with Crippen LogP contribution in [-0.2, 0) is 16.8 Å². The third-order valence-electron chi connectivity index (χ3n) is 2.45. The van der Waals surface area contributed by atoms with Crippen LogP contribution in [0, 0.1) is 0 Å². The number of hydrogen-bond acceptors (Lipinski definition) is 4. The highest BCUT2D eigenvalue weighted by Crippen LogP contribution is 2.32. The number of rotatable bonds is 5. The predicted octanol–water partition coefficient (Wildman–Crippen LogP) is 4.05. The van der Waals surface area contributed by atoms with E-state index >= 15 is 0 Å². The fraction of sp³-hybridized carbons (Fsp3) is 0.692. The Hall–Kier alpha value is -0.890. The van der Waals surface area contributed by atoms with E-state index in [0.717, 1.165) is 10.2 Å². The lowest BCUT2D eigenvalue weighted by molar-refractivity contribution is -0.177. The number of aromatic nitrogens is 2. The van der Waals surface area contributed by atoms with Gasteiger partial charge in [0, 0.05) is 12.0 Å². The van der Waals surface area contributed by atoms with Gasteiger partial charge in [-0.1, -0.05) is 20.8 Å². The van der Waals surface area contributed by atoms with Crippen molar-refractivity contribution in [3.63, 3.8) is 0 Å². The molecule has 0 spiro atoms. The fourth-order valence-corrected chi connectivity index (χ4v) is 2.51. The minimum absolute atomic E-state index is 0.225. The highest BCUT2D eigenvalue weighted by Gasteiger charge is 2.28. The molecule has 0 aliphatic heterocycles. The lowest BCUT2D eigenvalue weighted by Gasteiger charge is -2.22. The fourth-order valence-electron chi connectivity index (χ4n) is 1.60. The number of ether oxygens (including phenoxy) is 1. The number of halogens is 4. The molecule has 0 saturated carbocycles. The van der Waals surface area contributed by atoms with E-state index in [9.17, 15) is 13.2 Å². The number of nitrogens with one attached hydrogen (secondary N) is 1. The van der Waals surface area contributed by atoms with Crippen molar-refractivity contribution in [1.82, 2.24) is 9.97 Å². The van der Waals surface area contributed by atoms with Gasteiger partial charge in [0.2, 0.25) is 0 Å². The molecule has 0 fully saturated rings. The number of nitrogens with zero attached hydrogens (tertiary/aromatic N) is 2. The SMILES string of the molecule is CCNc1nc(COCC(F)(F)F)nc(C(C)(C)C)c1Br. The quantitative estimate of drug-likeness (QED) is 0.850. The molecule has 0 aromatic carbocycles. The lowest BCUT2D eigenvalue weighted by Crippen LogP contribution is -2.20. The first-order valence-electron chi connectivity index (χ1n) is 6.50. The van der Waals surface area contributed by atoms with Crippen molar-refractivity contribution in [3.05, 3.63) is 16.0 Å². The van der Waals surface area contributed by atoms with Gasteiger partial charge in [-0.15, -0.1) is 0 Å². The van der Waals surface area contributed by atoms with Crippen LogP contribution in [0.2, 0.25) is 0 Å². The number of anilines is 1. The molecule has 0 radical (unpaired) electrons. The van der Waals surface area contributed by atoms with Gasteiger partial charge in [-0.3, -0.25) is 0 Å². The largest absolute Gasteiger partial charge is 0.411 e. The molecular formula is C13H19BrF3N3O. The molecule has 0 saturated heterocycles. The van der Waals surface area contributed by atoms with E-state index in [1.54, 1.807) is 0 Å². The standard InChI is InChI=1S/C13H19BrF3N3O/c1-5-18-11-9(14)10(12(2,3)4)19-8(20-11)6-21-7-13(15,16)17/h5-7H2,1-4H3,(H,18,19,20). The van der Waals surface area contributed by atoms with Crippen LogP contribution in [0.3, 0.4) is 0 Å². The van der Waals surface area contributed by atoms with Crippen LogP contribution in [-0.4, -0.2) is 29.3 Å². The van der Waals surface area contributed by atoms with E-state index in [-0.39, 0.29) is 17.8 Å². The molecule has 0 aliphatic carbocycles. The van der Waals surface area contributed by atoms with E-state index in [2.05, 4.69) is 36.0 Å². The van der Waals surface area contributed by atoms with E-state index in [1.807, 2.05) is 27.7 Å². The molecule has 1 rings (SSSR count). The number of alkyl halides is 3. The maximum absolute atomic E-state index is 12.1. The van der Waals surface area contributed by atoms with Crippen molar-refractivity contribution in [3.8, 4) is 0 Å². The van der Waals surface area contributed by atoms with Crippen molar-refractivity contribution in [1.29, 1.82) is 0 Å². The topological polar surface area (TPSA) is 47.0 Å². The molecule has 1 aromatic heterocycles. The molecule has 0 atom stereocenters. The maximum atomic E-state index is 12.1. The minimum atomic E-state index is -4.35. The zero-order chi connectivity index (χ0) is 16.3. The molecule has 120 valence electrons. The van der Waals surface area contributed by atoms with Gasteiger partial charge in [0.15, 0.2) is 5.82 Å². The van der Waals surface area contributed by atoms with Gasteiger partial charge in [-0.2, -0.15) is 13.2 Å². The average molecular weight is 370 g/mol. The molecule has 0 bridgehead atoms. The van der Waals surface area contributed by atoms with E-state index in [1.165, 1.54) is 0 Å². The minimum Gasteiger partial charge on any atom is -0.369 e. The van der Waals surface area contributed by atoms with Gasteiger partial charge in [-0.05, 0) is 22.9 Å². The van der Waals surface area contributed by atoms with Crippen molar-refractivity contribution in [2.45, 2.75) is 45.9 Å². The van der Waals surface area contributed by atoms with Crippen LogP contribution in [0.15, 0.2) is 4.47 Å². The van der Waals surface area contributed by atoms with E-state index < -0.39 is 12.8 Å². The summed E-state index contributed by atoms with van der Waals surface area (Å²) in [6.07, 6.45) is -4.35. The second kappa shape index (κ2) is 6.91. The van der Waals surface area contributed by atoms with E-state index in [0.29, 0.717) is 12.4 Å². The van der Waals surface area contributed by atoms with Crippen LogP contribution in [0.5, 0.6) is 0 Å². The Morgan fingerprint density at radius 2 is 1.81 bits per heavy atom. The van der Waals surface area contributed by atoms with Crippen molar-refractivity contribution < 1.29 is 17.9 Å². The van der Waals surface area contributed by atoms with Gasteiger partial charge >= 0.3 is 6.18 Å². The Kier molecular flexibility index (Phi) is 5.98. The summed E-state index contributed by atoms with van der Waals surface area (Å²) in [5.74, 6) is 0.784. The zero-order valence-electron chi connectivity index (χ0n) is 12.4. The molecule has 0 unspecified atom stereocenters. The zero-order valence-corrected chi connectivity index (χ0v) is 14.0. The number of hydrogen-bond donors (Lipinski definition) is 1. The molecule has 1 heterocycles. The van der Waals surface area contributed by atoms with Crippen molar-refractivity contribution in [2.24, 2.45) is 0 Å². The summed E-state index contributed by atoms with van der Waals surface area (Å²) < 4.78 is 41.7. The molecule has 1 aromatic rings. The summed E-state index contributed by atoms with van der Waals surface area (Å²) in [7, 11) is 0. The van der Waals surface area contributed by atoms with Gasteiger partial charge in [-0.25, -0.2) is 9.97 Å². The molecule has 4 nitrogen and oxygen atoms in total. The van der Waals surface area contributed by atoms with Gasteiger partial charge in [0.05, 0.1) is 10.2 Å². The molecule has 8 heteroatoms. The summed E-state index contributed by atoms with van der Waals surface area (Å²) in [5, 5.41) is 3.06. The average Bonchev–Trinajstić information content (AvgIpc) is 2.30. The van der Waals surface area contributed by atoms with Crippen molar-refractivity contribution >= 4 is 21.7 Å². The van der Waals surface area contributed by atoms with Gasteiger partial charge < -0.3 is 10.1 Å². The third-order valence-corrected chi connectivity index (χ3v) is 3.20. The summed E-state index contributed by atoms with van der Waals surface area (Å²) in [6.45, 7) is 6.86. The smallest absolute Gasteiger partial charge is 0.369 e. The van der Waals surface area contributed by atoms with Crippen LogP contribution in [0.25, 0.3) is 0 Å². The third kappa shape index (κ3) is 5.78. The first kappa shape index (κ1) is 18.2.